The fourth-order valence-electron chi connectivity index (χ4n) is 1.80. The van der Waals surface area contributed by atoms with Gasteiger partial charge in [-0.15, -0.1) is 19.1 Å². The van der Waals surface area contributed by atoms with Gasteiger partial charge in [0.2, 0.25) is 5.75 Å². The Bertz CT molecular complexity index is 922. The van der Waals surface area contributed by atoms with Crippen molar-refractivity contribution in [2.45, 2.75) is 13.2 Å². The van der Waals surface area contributed by atoms with E-state index in [1.807, 2.05) is 5.92 Å². The smallest absolute Gasteiger partial charge is 0.488 e. The van der Waals surface area contributed by atoms with Crippen molar-refractivity contribution in [3.05, 3.63) is 33.4 Å². The van der Waals surface area contributed by atoms with Gasteiger partial charge in [-0.2, -0.15) is 5.26 Å². The number of rotatable bonds is 4. The number of aromatic hydroxyl groups is 2. The summed E-state index contributed by atoms with van der Waals surface area (Å²) in [4.78, 5) is 21.0. The van der Waals surface area contributed by atoms with E-state index in [1.54, 1.807) is 0 Å². The highest BCUT2D eigenvalue weighted by molar-refractivity contribution is 6.04. The van der Waals surface area contributed by atoms with Crippen molar-refractivity contribution in [2.24, 2.45) is 0 Å². The SMILES string of the molecule is CC#CCN(C(=O)/C(C#N)=C(\O)c1cc(O)c(O)c([N+](=O)[O-])c1)C(F)(F)F. The topological polar surface area (TPSA) is 148 Å². The van der Waals surface area contributed by atoms with Crippen molar-refractivity contribution in [1.82, 2.24) is 4.90 Å². The van der Waals surface area contributed by atoms with E-state index in [-0.39, 0.29) is 0 Å². The molecule has 27 heavy (non-hydrogen) atoms. The molecule has 0 bridgehead atoms. The molecule has 0 saturated carbocycles. The number of halogens is 3. The summed E-state index contributed by atoms with van der Waals surface area (Å²) in [5, 5.41) is 48.7. The predicted octanol–water partition coefficient (Wildman–Crippen LogP) is 2.17. The number of carbonyl (C=O) groups is 1. The molecule has 0 aliphatic heterocycles. The van der Waals surface area contributed by atoms with E-state index < -0.39 is 62.7 Å². The molecule has 1 aromatic rings. The Labute approximate surface area is 149 Å². The molecular formula is C15H10F3N3O6. The van der Waals surface area contributed by atoms with E-state index in [1.165, 1.54) is 6.92 Å². The molecule has 12 heteroatoms. The van der Waals surface area contributed by atoms with Crippen LogP contribution >= 0.6 is 0 Å². The van der Waals surface area contributed by atoms with Crippen LogP contribution in [0.1, 0.15) is 12.5 Å². The molecule has 0 saturated heterocycles. The molecule has 9 nitrogen and oxygen atoms in total. The summed E-state index contributed by atoms with van der Waals surface area (Å²) in [5.41, 5.74) is -3.24. The van der Waals surface area contributed by atoms with Crippen molar-refractivity contribution < 1.29 is 38.2 Å². The van der Waals surface area contributed by atoms with Gasteiger partial charge in [0, 0.05) is 11.6 Å². The average molecular weight is 385 g/mol. The lowest BCUT2D eigenvalue weighted by atomic mass is 10.1. The normalized spacial score (nSPS) is 11.5. The molecule has 3 N–H and O–H groups in total. The standard InChI is InChI=1S/C15H10F3N3O6/c1-2-3-4-20(15(16,17)18)14(25)9(7-19)12(23)8-5-10(21(26)27)13(24)11(22)6-8/h5-6,22-24H,4H2,1H3/b12-9-. The highest BCUT2D eigenvalue weighted by Crippen LogP contribution is 2.38. The van der Waals surface area contributed by atoms with Gasteiger partial charge in [-0.3, -0.25) is 14.9 Å². The second-order valence-corrected chi connectivity index (χ2v) is 4.74. The van der Waals surface area contributed by atoms with Crippen LogP contribution in [0.5, 0.6) is 11.5 Å². The number of hydrogen-bond donors (Lipinski definition) is 3. The van der Waals surface area contributed by atoms with Crippen LogP contribution in [0.15, 0.2) is 17.7 Å². The second kappa shape index (κ2) is 7.97. The van der Waals surface area contributed by atoms with Gasteiger partial charge < -0.3 is 15.3 Å². The van der Waals surface area contributed by atoms with Gasteiger partial charge in [-0.1, -0.05) is 5.92 Å². The van der Waals surface area contributed by atoms with Gasteiger partial charge in [0.05, 0.1) is 11.5 Å². The molecule has 0 unspecified atom stereocenters. The Kier molecular flexibility index (Phi) is 6.23. The third kappa shape index (κ3) is 4.58. The van der Waals surface area contributed by atoms with Crippen molar-refractivity contribution in [3.8, 4) is 29.4 Å². The molecule has 0 atom stereocenters. The predicted molar refractivity (Wildman–Crippen MR) is 82.8 cm³/mol. The fourth-order valence-corrected chi connectivity index (χ4v) is 1.80. The van der Waals surface area contributed by atoms with Crippen LogP contribution in [0.2, 0.25) is 0 Å². The number of aliphatic hydroxyl groups excluding tert-OH is 1. The zero-order valence-electron chi connectivity index (χ0n) is 13.4. The number of carbonyl (C=O) groups excluding carboxylic acids is 1. The van der Waals surface area contributed by atoms with E-state index in [0.29, 0.717) is 12.1 Å². The van der Waals surface area contributed by atoms with Crippen molar-refractivity contribution in [2.75, 3.05) is 6.54 Å². The quantitative estimate of drug-likeness (QED) is 0.105. The van der Waals surface area contributed by atoms with E-state index in [0.717, 1.165) is 6.07 Å². The lowest BCUT2D eigenvalue weighted by Crippen LogP contribution is -2.43. The number of amides is 1. The maximum absolute atomic E-state index is 13.0. The second-order valence-electron chi connectivity index (χ2n) is 4.74. The maximum Gasteiger partial charge on any atom is 0.488 e. The van der Waals surface area contributed by atoms with Crippen LogP contribution in [0, 0.1) is 33.3 Å². The Morgan fingerprint density at radius 3 is 2.41 bits per heavy atom. The molecule has 0 radical (unpaired) electrons. The Hall–Kier alpha value is -3.93. The van der Waals surface area contributed by atoms with Gasteiger partial charge in [-0.25, -0.2) is 4.90 Å². The van der Waals surface area contributed by atoms with E-state index in [4.69, 9.17) is 5.26 Å². The van der Waals surface area contributed by atoms with Gasteiger partial charge in [0.1, 0.15) is 11.8 Å². The van der Waals surface area contributed by atoms with Gasteiger partial charge in [-0.05, 0) is 13.0 Å². The van der Waals surface area contributed by atoms with E-state index in [2.05, 4.69) is 5.92 Å². The number of nitro benzene ring substituents is 1. The van der Waals surface area contributed by atoms with Crippen molar-refractivity contribution >= 4 is 17.4 Å². The largest absolute Gasteiger partial charge is 0.506 e. The average Bonchev–Trinajstić information content (AvgIpc) is 2.56. The highest BCUT2D eigenvalue weighted by Gasteiger charge is 2.42. The molecule has 0 aliphatic rings. The lowest BCUT2D eigenvalue weighted by molar-refractivity contribution is -0.386. The molecular weight excluding hydrogens is 375 g/mol. The summed E-state index contributed by atoms with van der Waals surface area (Å²) in [7, 11) is 0. The molecule has 0 fully saturated rings. The number of phenolic OH excluding ortho intramolecular Hbond substituents is 2. The molecule has 142 valence electrons. The van der Waals surface area contributed by atoms with Gasteiger partial charge >= 0.3 is 12.0 Å². The van der Waals surface area contributed by atoms with E-state index in [9.17, 15) is 43.4 Å². The summed E-state index contributed by atoms with van der Waals surface area (Å²) in [5.74, 6) is -1.46. The number of hydrogen-bond acceptors (Lipinski definition) is 7. The monoisotopic (exact) mass is 385 g/mol. The zero-order chi connectivity index (χ0) is 20.9. The van der Waals surface area contributed by atoms with Crippen LogP contribution in [0.3, 0.4) is 0 Å². The minimum absolute atomic E-state index is 0.471. The summed E-state index contributed by atoms with van der Waals surface area (Å²) >= 11 is 0. The van der Waals surface area contributed by atoms with Crippen molar-refractivity contribution in [3.63, 3.8) is 0 Å². The first kappa shape index (κ1) is 21.1. The molecule has 0 heterocycles. The number of aliphatic hydroxyl groups is 1. The molecule has 1 rings (SSSR count). The fraction of sp³-hybridized carbons (Fsp3) is 0.200. The molecule has 0 aromatic heterocycles. The summed E-state index contributed by atoms with van der Waals surface area (Å²) in [6, 6.07) is 2.09. The van der Waals surface area contributed by atoms with E-state index >= 15 is 0 Å². The van der Waals surface area contributed by atoms with Crippen LogP contribution < -0.4 is 0 Å². The number of nitriles is 1. The number of nitrogens with zero attached hydrogens (tertiary/aromatic N) is 3. The van der Waals surface area contributed by atoms with Crippen LogP contribution in [0.4, 0.5) is 18.9 Å². The van der Waals surface area contributed by atoms with Crippen LogP contribution in [-0.2, 0) is 4.79 Å². The minimum atomic E-state index is -5.23. The van der Waals surface area contributed by atoms with Crippen LogP contribution in [-0.4, -0.2) is 43.9 Å². The van der Waals surface area contributed by atoms with Crippen molar-refractivity contribution in [1.29, 1.82) is 5.26 Å². The first-order chi connectivity index (χ1) is 12.4. The number of alkyl halides is 3. The Morgan fingerprint density at radius 1 is 1.37 bits per heavy atom. The number of benzene rings is 1. The third-order valence-electron chi connectivity index (χ3n) is 3.07. The minimum Gasteiger partial charge on any atom is -0.506 e. The maximum atomic E-state index is 13.0. The van der Waals surface area contributed by atoms with Gasteiger partial charge in [0.25, 0.3) is 5.91 Å². The summed E-state index contributed by atoms with van der Waals surface area (Å²) in [6.45, 7) is 0.0914. The van der Waals surface area contributed by atoms with Gasteiger partial charge in [0.15, 0.2) is 11.3 Å². The molecule has 1 aromatic carbocycles. The Morgan fingerprint density at radius 2 is 1.96 bits per heavy atom. The lowest BCUT2D eigenvalue weighted by Gasteiger charge is -2.22. The van der Waals surface area contributed by atoms with Crippen LogP contribution in [0.25, 0.3) is 5.76 Å². The molecule has 1 amide bonds. The number of nitro groups is 1. The zero-order valence-corrected chi connectivity index (χ0v) is 13.4. The highest BCUT2D eigenvalue weighted by atomic mass is 19.4. The summed E-state index contributed by atoms with van der Waals surface area (Å²) < 4.78 is 39.0. The third-order valence-corrected chi connectivity index (χ3v) is 3.07. The number of phenols is 2. The molecule has 0 aliphatic carbocycles. The first-order valence-electron chi connectivity index (χ1n) is 6.78. The summed E-state index contributed by atoms with van der Waals surface area (Å²) in [6.07, 6.45) is -5.23. The first-order valence-corrected chi connectivity index (χ1v) is 6.78. The molecule has 0 spiro atoms. The Balaban J connectivity index is 3.58.